The number of likely N-dealkylation sites (tertiary alicyclic amines) is 1. The Bertz CT molecular complexity index is 541. The van der Waals surface area contributed by atoms with E-state index in [1.165, 1.54) is 13.2 Å². The molecule has 2 aliphatic heterocycles. The first kappa shape index (κ1) is 14.3. The third kappa shape index (κ3) is 2.88. The highest BCUT2D eigenvalue weighted by molar-refractivity contribution is 5.79. The molecule has 3 rings (SSSR count). The van der Waals surface area contributed by atoms with Crippen molar-refractivity contribution in [1.29, 1.82) is 0 Å². The fourth-order valence-corrected chi connectivity index (χ4v) is 3.45. The maximum atomic E-state index is 13.7. The summed E-state index contributed by atoms with van der Waals surface area (Å²) in [7, 11) is 1.45. The number of amides is 1. The lowest BCUT2D eigenvalue weighted by Gasteiger charge is -2.33. The third-order valence-corrected chi connectivity index (χ3v) is 4.66. The molecule has 1 spiro atoms. The molecule has 0 atom stereocenters. The Hall–Kier alpha value is -1.62. The van der Waals surface area contributed by atoms with Gasteiger partial charge >= 0.3 is 0 Å². The van der Waals surface area contributed by atoms with E-state index < -0.39 is 0 Å². The zero-order chi connectivity index (χ0) is 14.9. The molecule has 1 amide bonds. The number of carbonyl (C=O) groups is 1. The second-order valence-electron chi connectivity index (χ2n) is 6.15. The van der Waals surface area contributed by atoms with Crippen LogP contribution < -0.4 is 10.1 Å². The summed E-state index contributed by atoms with van der Waals surface area (Å²) < 4.78 is 18.7. The van der Waals surface area contributed by atoms with Crippen LogP contribution in [0.15, 0.2) is 18.2 Å². The summed E-state index contributed by atoms with van der Waals surface area (Å²) in [6.07, 6.45) is 2.73. The minimum atomic E-state index is -0.377. The van der Waals surface area contributed by atoms with Gasteiger partial charge < -0.3 is 15.0 Å². The number of benzene rings is 1. The number of hydrogen-bond donors (Lipinski definition) is 1. The van der Waals surface area contributed by atoms with Gasteiger partial charge in [0.15, 0.2) is 11.6 Å². The molecular formula is C16H21FN2O2. The molecule has 2 fully saturated rings. The SMILES string of the molecule is COc1ccc(CN2CC3(CCNCC3)CC2=O)cc1F. The Labute approximate surface area is 124 Å². The maximum Gasteiger partial charge on any atom is 0.223 e. The molecule has 0 radical (unpaired) electrons. The maximum absolute atomic E-state index is 13.7. The van der Waals surface area contributed by atoms with Crippen LogP contribution in [-0.4, -0.2) is 37.6 Å². The van der Waals surface area contributed by atoms with Crippen molar-refractivity contribution in [2.24, 2.45) is 5.41 Å². The van der Waals surface area contributed by atoms with Gasteiger partial charge in [-0.1, -0.05) is 6.07 Å². The number of carbonyl (C=O) groups excluding carboxylic acids is 1. The molecule has 114 valence electrons. The van der Waals surface area contributed by atoms with E-state index in [4.69, 9.17) is 4.74 Å². The first-order valence-corrected chi connectivity index (χ1v) is 7.43. The molecular weight excluding hydrogens is 271 g/mol. The van der Waals surface area contributed by atoms with Gasteiger partial charge in [-0.05, 0) is 49.0 Å². The van der Waals surface area contributed by atoms with Crippen LogP contribution >= 0.6 is 0 Å². The highest BCUT2D eigenvalue weighted by Crippen LogP contribution is 2.39. The second kappa shape index (κ2) is 5.64. The molecule has 0 bridgehead atoms. The van der Waals surface area contributed by atoms with Gasteiger partial charge in [-0.3, -0.25) is 4.79 Å². The van der Waals surface area contributed by atoms with Crippen molar-refractivity contribution in [3.05, 3.63) is 29.6 Å². The van der Waals surface area contributed by atoms with Crippen molar-refractivity contribution in [2.45, 2.75) is 25.8 Å². The molecule has 2 heterocycles. The molecule has 2 saturated heterocycles. The average Bonchev–Trinajstić information content (AvgIpc) is 2.75. The van der Waals surface area contributed by atoms with Gasteiger partial charge in [0, 0.05) is 19.5 Å². The van der Waals surface area contributed by atoms with E-state index in [1.54, 1.807) is 6.07 Å². The number of methoxy groups -OCH3 is 1. The Balaban J connectivity index is 1.70. The van der Waals surface area contributed by atoms with Crippen molar-refractivity contribution in [2.75, 3.05) is 26.7 Å². The lowest BCUT2D eigenvalue weighted by atomic mass is 9.78. The fourth-order valence-electron chi connectivity index (χ4n) is 3.45. The third-order valence-electron chi connectivity index (χ3n) is 4.66. The molecule has 1 N–H and O–H groups in total. The van der Waals surface area contributed by atoms with E-state index in [1.807, 2.05) is 11.0 Å². The van der Waals surface area contributed by atoms with Crippen LogP contribution in [0.25, 0.3) is 0 Å². The van der Waals surface area contributed by atoms with Gasteiger partial charge in [0.1, 0.15) is 0 Å². The molecule has 4 nitrogen and oxygen atoms in total. The zero-order valence-electron chi connectivity index (χ0n) is 12.3. The molecule has 1 aromatic carbocycles. The predicted octanol–water partition coefficient (Wildman–Crippen LogP) is 1.94. The predicted molar refractivity (Wildman–Crippen MR) is 77.5 cm³/mol. The van der Waals surface area contributed by atoms with E-state index >= 15 is 0 Å². The number of hydrogen-bond acceptors (Lipinski definition) is 3. The van der Waals surface area contributed by atoms with E-state index in [0.29, 0.717) is 13.0 Å². The molecule has 21 heavy (non-hydrogen) atoms. The molecule has 2 aliphatic rings. The Morgan fingerprint density at radius 2 is 2.14 bits per heavy atom. The van der Waals surface area contributed by atoms with E-state index in [9.17, 15) is 9.18 Å². The molecule has 0 aliphatic carbocycles. The quantitative estimate of drug-likeness (QED) is 0.925. The number of ether oxygens (including phenoxy) is 1. The lowest BCUT2D eigenvalue weighted by molar-refractivity contribution is -0.128. The summed E-state index contributed by atoms with van der Waals surface area (Å²) >= 11 is 0. The van der Waals surface area contributed by atoms with Gasteiger partial charge in [0.25, 0.3) is 0 Å². The molecule has 1 aromatic rings. The van der Waals surface area contributed by atoms with Crippen molar-refractivity contribution in [3.8, 4) is 5.75 Å². The van der Waals surface area contributed by atoms with E-state index in [2.05, 4.69) is 5.32 Å². The number of nitrogens with zero attached hydrogens (tertiary/aromatic N) is 1. The summed E-state index contributed by atoms with van der Waals surface area (Å²) in [5.74, 6) is 0.0488. The standard InChI is InChI=1S/C16H21FN2O2/c1-21-14-3-2-12(8-13(14)17)10-19-11-16(9-15(19)20)4-6-18-7-5-16/h2-3,8,18H,4-7,9-11H2,1H3. The van der Waals surface area contributed by atoms with Crippen LogP contribution in [0.1, 0.15) is 24.8 Å². The van der Waals surface area contributed by atoms with Gasteiger partial charge in [-0.2, -0.15) is 0 Å². The van der Waals surface area contributed by atoms with E-state index in [-0.39, 0.29) is 22.9 Å². The number of piperidine rings is 1. The number of nitrogens with one attached hydrogen (secondary N) is 1. The van der Waals surface area contributed by atoms with Crippen molar-refractivity contribution in [3.63, 3.8) is 0 Å². The van der Waals surface area contributed by atoms with Gasteiger partial charge in [0.05, 0.1) is 7.11 Å². The summed E-state index contributed by atoms with van der Waals surface area (Å²) in [5.41, 5.74) is 0.945. The van der Waals surface area contributed by atoms with Crippen LogP contribution in [0.2, 0.25) is 0 Å². The monoisotopic (exact) mass is 292 g/mol. The van der Waals surface area contributed by atoms with Crippen LogP contribution in [0.4, 0.5) is 4.39 Å². The summed E-state index contributed by atoms with van der Waals surface area (Å²) in [5, 5.41) is 3.34. The molecule has 0 aromatic heterocycles. The van der Waals surface area contributed by atoms with Gasteiger partial charge in [-0.15, -0.1) is 0 Å². The first-order valence-electron chi connectivity index (χ1n) is 7.43. The molecule has 0 unspecified atom stereocenters. The van der Waals surface area contributed by atoms with Crippen molar-refractivity contribution in [1.82, 2.24) is 10.2 Å². The largest absolute Gasteiger partial charge is 0.494 e. The number of rotatable bonds is 3. The topological polar surface area (TPSA) is 41.6 Å². The Morgan fingerprint density at radius 1 is 1.38 bits per heavy atom. The highest BCUT2D eigenvalue weighted by Gasteiger charge is 2.43. The van der Waals surface area contributed by atoms with Crippen LogP contribution in [-0.2, 0) is 11.3 Å². The van der Waals surface area contributed by atoms with Crippen molar-refractivity contribution >= 4 is 5.91 Å². The zero-order valence-corrected chi connectivity index (χ0v) is 12.3. The summed E-state index contributed by atoms with van der Waals surface area (Å²) in [6, 6.07) is 4.90. The van der Waals surface area contributed by atoms with Crippen LogP contribution in [0, 0.1) is 11.2 Å². The van der Waals surface area contributed by atoms with Crippen LogP contribution in [0.3, 0.4) is 0 Å². The average molecular weight is 292 g/mol. The molecule has 0 saturated carbocycles. The highest BCUT2D eigenvalue weighted by atomic mass is 19.1. The minimum Gasteiger partial charge on any atom is -0.494 e. The lowest BCUT2D eigenvalue weighted by Crippen LogP contribution is -2.38. The Kier molecular flexibility index (Phi) is 3.85. The fraction of sp³-hybridized carbons (Fsp3) is 0.562. The van der Waals surface area contributed by atoms with Crippen LogP contribution in [0.5, 0.6) is 5.75 Å². The molecule has 5 heteroatoms. The van der Waals surface area contributed by atoms with Gasteiger partial charge in [0.2, 0.25) is 5.91 Å². The number of halogens is 1. The summed E-state index contributed by atoms with van der Waals surface area (Å²) in [6.45, 7) is 3.24. The minimum absolute atomic E-state index is 0.132. The van der Waals surface area contributed by atoms with E-state index in [0.717, 1.165) is 38.0 Å². The first-order chi connectivity index (χ1) is 10.1. The smallest absolute Gasteiger partial charge is 0.223 e. The second-order valence-corrected chi connectivity index (χ2v) is 6.15. The Morgan fingerprint density at radius 3 is 2.81 bits per heavy atom. The normalized spacial score (nSPS) is 21.0. The van der Waals surface area contributed by atoms with Crippen molar-refractivity contribution < 1.29 is 13.9 Å². The van der Waals surface area contributed by atoms with Gasteiger partial charge in [-0.25, -0.2) is 4.39 Å². The summed E-state index contributed by atoms with van der Waals surface area (Å²) in [4.78, 5) is 14.1.